The highest BCUT2D eigenvalue weighted by molar-refractivity contribution is 5.66. The molecule has 4 nitrogen and oxygen atoms in total. The van der Waals surface area contributed by atoms with Gasteiger partial charge in [-0.15, -0.1) is 0 Å². The summed E-state index contributed by atoms with van der Waals surface area (Å²) in [5.41, 5.74) is 1.52. The molecule has 0 fully saturated rings. The fraction of sp³-hybridized carbons (Fsp3) is 0.636. The first-order valence-electron chi connectivity index (χ1n) is 4.98. The van der Waals surface area contributed by atoms with Crippen molar-refractivity contribution >= 4 is 5.97 Å². The Hall–Kier alpha value is -1.32. The standard InChI is InChI=1S/C8H14N2.C3H6O2/c1-8(2,3)7-5-9-10(4)6-7;1-2-3(4)5/h5-6H,1-4H3;2H2,1H3,(H,4,5). The lowest BCUT2D eigenvalue weighted by atomic mass is 9.90. The Morgan fingerprint density at radius 1 is 1.53 bits per heavy atom. The summed E-state index contributed by atoms with van der Waals surface area (Å²) < 4.78 is 1.83. The fourth-order valence-electron chi connectivity index (χ4n) is 0.809. The minimum absolute atomic E-state index is 0.222. The maximum absolute atomic E-state index is 9.37. The molecule has 0 aromatic carbocycles. The predicted molar refractivity (Wildman–Crippen MR) is 59.8 cm³/mol. The van der Waals surface area contributed by atoms with E-state index in [1.807, 2.05) is 17.9 Å². The van der Waals surface area contributed by atoms with Gasteiger partial charge in [-0.2, -0.15) is 5.10 Å². The van der Waals surface area contributed by atoms with Crippen LogP contribution in [0.5, 0.6) is 0 Å². The van der Waals surface area contributed by atoms with E-state index in [2.05, 4.69) is 32.1 Å². The van der Waals surface area contributed by atoms with Crippen LogP contribution in [0.1, 0.15) is 39.7 Å². The number of carbonyl (C=O) groups is 1. The highest BCUT2D eigenvalue weighted by Gasteiger charge is 2.14. The third-order valence-electron chi connectivity index (χ3n) is 1.87. The Morgan fingerprint density at radius 3 is 2.13 bits per heavy atom. The minimum atomic E-state index is -0.745. The first-order valence-corrected chi connectivity index (χ1v) is 4.98. The number of hydrogen-bond donors (Lipinski definition) is 1. The molecule has 0 radical (unpaired) electrons. The SMILES string of the molecule is CCC(=O)O.Cn1cc(C(C)(C)C)cn1. The predicted octanol–water partition coefficient (Wildman–Crippen LogP) is 2.20. The Morgan fingerprint density at radius 2 is 2.00 bits per heavy atom. The van der Waals surface area contributed by atoms with Crippen molar-refractivity contribution in [1.29, 1.82) is 0 Å². The number of carboxylic acids is 1. The maximum Gasteiger partial charge on any atom is 0.303 e. The van der Waals surface area contributed by atoms with Crippen molar-refractivity contribution in [2.24, 2.45) is 7.05 Å². The zero-order valence-electron chi connectivity index (χ0n) is 10.1. The quantitative estimate of drug-likeness (QED) is 0.776. The molecule has 0 spiro atoms. The van der Waals surface area contributed by atoms with Gasteiger partial charge in [0.05, 0.1) is 6.20 Å². The molecule has 1 heterocycles. The third kappa shape index (κ3) is 5.88. The third-order valence-corrected chi connectivity index (χ3v) is 1.87. The molecular weight excluding hydrogens is 192 g/mol. The van der Waals surface area contributed by atoms with Gasteiger partial charge in [0, 0.05) is 19.7 Å². The summed E-state index contributed by atoms with van der Waals surface area (Å²) in [5.74, 6) is -0.745. The number of hydrogen-bond acceptors (Lipinski definition) is 2. The zero-order chi connectivity index (χ0) is 12.1. The van der Waals surface area contributed by atoms with Crippen molar-refractivity contribution in [1.82, 2.24) is 9.78 Å². The van der Waals surface area contributed by atoms with Crippen LogP contribution in [0.25, 0.3) is 0 Å². The second-order valence-electron chi connectivity index (χ2n) is 4.40. The molecule has 0 unspecified atom stereocenters. The molecule has 1 aromatic heterocycles. The van der Waals surface area contributed by atoms with Crippen molar-refractivity contribution in [2.75, 3.05) is 0 Å². The van der Waals surface area contributed by atoms with E-state index >= 15 is 0 Å². The molecule has 0 bridgehead atoms. The van der Waals surface area contributed by atoms with Crippen LogP contribution in [0.15, 0.2) is 12.4 Å². The zero-order valence-corrected chi connectivity index (χ0v) is 10.1. The molecule has 15 heavy (non-hydrogen) atoms. The molecule has 0 amide bonds. The number of aliphatic carboxylic acids is 1. The van der Waals surface area contributed by atoms with E-state index < -0.39 is 5.97 Å². The molecule has 0 aliphatic heterocycles. The first kappa shape index (κ1) is 13.7. The molecular formula is C11H20N2O2. The summed E-state index contributed by atoms with van der Waals surface area (Å²) in [7, 11) is 1.94. The number of aryl methyl sites for hydroxylation is 1. The van der Waals surface area contributed by atoms with Gasteiger partial charge < -0.3 is 5.11 Å². The highest BCUT2D eigenvalue weighted by atomic mass is 16.4. The molecule has 0 aliphatic rings. The van der Waals surface area contributed by atoms with Gasteiger partial charge in [-0.05, 0) is 11.0 Å². The Kier molecular flexibility index (Phi) is 5.05. The van der Waals surface area contributed by atoms with E-state index in [0.29, 0.717) is 0 Å². The van der Waals surface area contributed by atoms with E-state index in [-0.39, 0.29) is 11.8 Å². The number of nitrogens with zero attached hydrogens (tertiary/aromatic N) is 2. The van der Waals surface area contributed by atoms with Crippen LogP contribution < -0.4 is 0 Å². The van der Waals surface area contributed by atoms with Gasteiger partial charge in [-0.1, -0.05) is 27.7 Å². The monoisotopic (exact) mass is 212 g/mol. The normalized spacial score (nSPS) is 10.5. The largest absolute Gasteiger partial charge is 0.481 e. The van der Waals surface area contributed by atoms with Gasteiger partial charge in [-0.3, -0.25) is 9.48 Å². The van der Waals surface area contributed by atoms with Crippen LogP contribution in [0.3, 0.4) is 0 Å². The summed E-state index contributed by atoms with van der Waals surface area (Å²) in [6.45, 7) is 8.15. The molecule has 4 heteroatoms. The van der Waals surface area contributed by atoms with Crippen LogP contribution in [-0.4, -0.2) is 20.9 Å². The van der Waals surface area contributed by atoms with Crippen LogP contribution in [0, 0.1) is 0 Å². The van der Waals surface area contributed by atoms with Crippen molar-refractivity contribution in [2.45, 2.75) is 39.5 Å². The molecule has 86 valence electrons. The molecule has 0 aliphatic carbocycles. The van der Waals surface area contributed by atoms with E-state index in [9.17, 15) is 4.79 Å². The lowest BCUT2D eigenvalue weighted by molar-refractivity contribution is -0.136. The van der Waals surface area contributed by atoms with Gasteiger partial charge in [0.2, 0.25) is 0 Å². The van der Waals surface area contributed by atoms with E-state index in [1.165, 1.54) is 5.56 Å². The van der Waals surface area contributed by atoms with E-state index in [1.54, 1.807) is 6.92 Å². The van der Waals surface area contributed by atoms with Gasteiger partial charge in [0.15, 0.2) is 0 Å². The first-order chi connectivity index (χ1) is 6.77. The van der Waals surface area contributed by atoms with Crippen LogP contribution in [-0.2, 0) is 17.3 Å². The number of aromatic nitrogens is 2. The van der Waals surface area contributed by atoms with Crippen molar-refractivity contribution in [3.63, 3.8) is 0 Å². The molecule has 0 saturated heterocycles. The highest BCUT2D eigenvalue weighted by Crippen LogP contribution is 2.20. The van der Waals surface area contributed by atoms with Crippen molar-refractivity contribution in [3.05, 3.63) is 18.0 Å². The number of carboxylic acid groups (broad SMARTS) is 1. The average Bonchev–Trinajstić information content (AvgIpc) is 2.52. The smallest absolute Gasteiger partial charge is 0.303 e. The average molecular weight is 212 g/mol. The lowest BCUT2D eigenvalue weighted by Crippen LogP contribution is -2.09. The van der Waals surface area contributed by atoms with Gasteiger partial charge in [-0.25, -0.2) is 0 Å². The lowest BCUT2D eigenvalue weighted by Gasteiger charge is -2.14. The second-order valence-corrected chi connectivity index (χ2v) is 4.40. The van der Waals surface area contributed by atoms with Gasteiger partial charge in [0.1, 0.15) is 0 Å². The van der Waals surface area contributed by atoms with Crippen molar-refractivity contribution < 1.29 is 9.90 Å². The van der Waals surface area contributed by atoms with Crippen LogP contribution in [0.4, 0.5) is 0 Å². The van der Waals surface area contributed by atoms with Crippen molar-refractivity contribution in [3.8, 4) is 0 Å². The Balaban J connectivity index is 0.000000336. The van der Waals surface area contributed by atoms with Gasteiger partial charge >= 0.3 is 5.97 Å². The summed E-state index contributed by atoms with van der Waals surface area (Å²) in [5, 5.41) is 11.8. The Labute approximate surface area is 90.9 Å². The summed E-state index contributed by atoms with van der Waals surface area (Å²) in [6, 6.07) is 0. The number of rotatable bonds is 1. The molecule has 0 saturated carbocycles. The maximum atomic E-state index is 9.37. The summed E-state index contributed by atoms with van der Waals surface area (Å²) in [6.07, 6.45) is 4.19. The minimum Gasteiger partial charge on any atom is -0.481 e. The molecule has 1 rings (SSSR count). The van der Waals surface area contributed by atoms with Gasteiger partial charge in [0.25, 0.3) is 0 Å². The van der Waals surface area contributed by atoms with Crippen LogP contribution >= 0.6 is 0 Å². The molecule has 1 aromatic rings. The fourth-order valence-corrected chi connectivity index (χ4v) is 0.809. The topological polar surface area (TPSA) is 55.1 Å². The van der Waals surface area contributed by atoms with E-state index in [4.69, 9.17) is 5.11 Å². The van der Waals surface area contributed by atoms with E-state index in [0.717, 1.165) is 0 Å². The summed E-state index contributed by atoms with van der Waals surface area (Å²) >= 11 is 0. The van der Waals surface area contributed by atoms with Crippen LogP contribution in [0.2, 0.25) is 0 Å². The molecule has 0 atom stereocenters. The summed E-state index contributed by atoms with van der Waals surface area (Å²) in [4.78, 5) is 9.37. The molecule has 1 N–H and O–H groups in total. The second kappa shape index (κ2) is 5.53. The Bertz CT molecular complexity index is 311.